The molecule has 0 amide bonds. The molecule has 0 N–H and O–H groups in total. The van der Waals surface area contributed by atoms with Crippen LogP contribution in [0.25, 0.3) is 0 Å². The highest BCUT2D eigenvalue weighted by molar-refractivity contribution is 7.09. The molecule has 1 aromatic carbocycles. The molecule has 0 unspecified atom stereocenters. The van der Waals surface area contributed by atoms with E-state index in [0.717, 1.165) is 49.6 Å². The second kappa shape index (κ2) is 10.4. The minimum absolute atomic E-state index is 0.0812. The monoisotopic (exact) mass is 426 g/mol. The van der Waals surface area contributed by atoms with Gasteiger partial charge < -0.3 is 4.74 Å². The van der Waals surface area contributed by atoms with Crippen LogP contribution in [0.3, 0.4) is 0 Å². The molecule has 2 heterocycles. The second-order valence-corrected chi connectivity index (χ2v) is 8.57. The van der Waals surface area contributed by atoms with Gasteiger partial charge in [-0.3, -0.25) is 4.90 Å². The molecule has 7 heteroatoms. The van der Waals surface area contributed by atoms with E-state index in [-0.39, 0.29) is 5.75 Å². The van der Waals surface area contributed by atoms with E-state index >= 15 is 0 Å². The average molecular weight is 427 g/mol. The minimum Gasteiger partial charge on any atom is -0.493 e. The van der Waals surface area contributed by atoms with Crippen molar-refractivity contribution in [3.05, 3.63) is 45.4 Å². The standard InChI is InChI=1S/C22H29F3N2OS/c1-2-3-7-12-28-20-9-8-17(13-19(20)22(23,24)25)14-21-26-18(16-29-21)15-27-10-5-4-6-11-27/h8-9,13,16H,2-7,10-12,14-15H2,1H3. The molecule has 0 bridgehead atoms. The number of thiazole rings is 1. The zero-order valence-electron chi connectivity index (χ0n) is 16.9. The van der Waals surface area contributed by atoms with Gasteiger partial charge in [0.2, 0.25) is 0 Å². The van der Waals surface area contributed by atoms with E-state index in [9.17, 15) is 13.2 Å². The number of ether oxygens (including phenoxy) is 1. The van der Waals surface area contributed by atoms with E-state index in [1.807, 2.05) is 12.3 Å². The summed E-state index contributed by atoms with van der Waals surface area (Å²) in [5, 5.41) is 2.88. The van der Waals surface area contributed by atoms with E-state index < -0.39 is 11.7 Å². The van der Waals surface area contributed by atoms with Gasteiger partial charge in [0.25, 0.3) is 0 Å². The SMILES string of the molecule is CCCCCOc1ccc(Cc2nc(CN3CCCCC3)cs2)cc1C(F)(F)F. The number of hydrogen-bond donors (Lipinski definition) is 0. The Labute approximate surface area is 174 Å². The zero-order chi connectivity index (χ0) is 20.7. The number of aromatic nitrogens is 1. The smallest absolute Gasteiger partial charge is 0.419 e. The van der Waals surface area contributed by atoms with Crippen LogP contribution in [0.4, 0.5) is 13.2 Å². The van der Waals surface area contributed by atoms with Gasteiger partial charge in [0.15, 0.2) is 0 Å². The summed E-state index contributed by atoms with van der Waals surface area (Å²) in [7, 11) is 0. The van der Waals surface area contributed by atoms with Crippen molar-refractivity contribution >= 4 is 11.3 Å². The maximum atomic E-state index is 13.5. The third-order valence-corrected chi connectivity index (χ3v) is 6.04. The van der Waals surface area contributed by atoms with Crippen LogP contribution in [-0.4, -0.2) is 29.6 Å². The Balaban J connectivity index is 1.65. The molecule has 0 spiro atoms. The highest BCUT2D eigenvalue weighted by atomic mass is 32.1. The molecule has 1 aromatic heterocycles. The summed E-state index contributed by atoms with van der Waals surface area (Å²) < 4.78 is 45.9. The lowest BCUT2D eigenvalue weighted by Crippen LogP contribution is -2.29. The number of piperidine rings is 1. The molecule has 160 valence electrons. The maximum Gasteiger partial charge on any atom is 0.419 e. The number of rotatable bonds is 9. The molecule has 0 radical (unpaired) electrons. The summed E-state index contributed by atoms with van der Waals surface area (Å²) in [6.45, 7) is 5.38. The lowest BCUT2D eigenvalue weighted by atomic mass is 10.1. The summed E-state index contributed by atoms with van der Waals surface area (Å²) >= 11 is 1.52. The van der Waals surface area contributed by atoms with Crippen LogP contribution in [0, 0.1) is 0 Å². The van der Waals surface area contributed by atoms with Gasteiger partial charge in [-0.25, -0.2) is 4.98 Å². The maximum absolute atomic E-state index is 13.5. The normalized spacial score (nSPS) is 15.6. The van der Waals surface area contributed by atoms with Crippen molar-refractivity contribution in [2.45, 2.75) is 64.6 Å². The first kappa shape index (κ1) is 22.1. The first-order chi connectivity index (χ1) is 14.0. The van der Waals surface area contributed by atoms with E-state index in [0.29, 0.717) is 18.6 Å². The molecular weight excluding hydrogens is 397 g/mol. The van der Waals surface area contributed by atoms with Gasteiger partial charge in [-0.15, -0.1) is 11.3 Å². The molecule has 1 aliphatic rings. The number of alkyl halides is 3. The van der Waals surface area contributed by atoms with Crippen LogP contribution < -0.4 is 4.74 Å². The van der Waals surface area contributed by atoms with Gasteiger partial charge in [-0.2, -0.15) is 13.2 Å². The predicted molar refractivity (Wildman–Crippen MR) is 111 cm³/mol. The molecule has 2 aromatic rings. The fourth-order valence-electron chi connectivity index (χ4n) is 3.59. The van der Waals surface area contributed by atoms with Gasteiger partial charge in [0.1, 0.15) is 5.75 Å². The van der Waals surface area contributed by atoms with Crippen LogP contribution in [0.2, 0.25) is 0 Å². The lowest BCUT2D eigenvalue weighted by Gasteiger charge is -2.25. The van der Waals surface area contributed by atoms with E-state index in [1.54, 1.807) is 6.07 Å². The zero-order valence-corrected chi connectivity index (χ0v) is 17.7. The highest BCUT2D eigenvalue weighted by Gasteiger charge is 2.34. The van der Waals surface area contributed by atoms with Crippen LogP contribution in [-0.2, 0) is 19.1 Å². The van der Waals surface area contributed by atoms with Gasteiger partial charge >= 0.3 is 6.18 Å². The minimum atomic E-state index is -4.43. The summed E-state index contributed by atoms with van der Waals surface area (Å²) in [6.07, 6.45) is 2.43. The first-order valence-corrected chi connectivity index (χ1v) is 11.3. The van der Waals surface area contributed by atoms with Crippen molar-refractivity contribution in [1.82, 2.24) is 9.88 Å². The van der Waals surface area contributed by atoms with E-state index in [1.165, 1.54) is 42.7 Å². The molecule has 0 atom stereocenters. The van der Waals surface area contributed by atoms with E-state index in [2.05, 4.69) is 9.88 Å². The molecule has 0 saturated carbocycles. The quantitative estimate of drug-likeness (QED) is 0.440. The number of unbranched alkanes of at least 4 members (excludes halogenated alkanes) is 2. The third kappa shape index (κ3) is 6.71. The fourth-order valence-corrected chi connectivity index (χ4v) is 4.41. The molecular formula is C22H29F3N2OS. The Morgan fingerprint density at radius 1 is 1.14 bits per heavy atom. The van der Waals surface area contributed by atoms with E-state index in [4.69, 9.17) is 4.74 Å². The molecule has 29 heavy (non-hydrogen) atoms. The largest absolute Gasteiger partial charge is 0.493 e. The summed E-state index contributed by atoms with van der Waals surface area (Å²) in [6, 6.07) is 4.38. The summed E-state index contributed by atoms with van der Waals surface area (Å²) in [5.74, 6) is -0.0812. The van der Waals surface area contributed by atoms with Crippen molar-refractivity contribution in [2.24, 2.45) is 0 Å². The van der Waals surface area contributed by atoms with Gasteiger partial charge in [-0.05, 0) is 50.0 Å². The Bertz CT molecular complexity index is 770. The van der Waals surface area contributed by atoms with Crippen LogP contribution >= 0.6 is 11.3 Å². The van der Waals surface area contributed by atoms with Crippen LogP contribution in [0.1, 0.15) is 67.3 Å². The molecule has 1 aliphatic heterocycles. The predicted octanol–water partition coefficient (Wildman–Crippen LogP) is 6.31. The van der Waals surface area contributed by atoms with Gasteiger partial charge in [-0.1, -0.05) is 32.3 Å². The van der Waals surface area contributed by atoms with Crippen molar-refractivity contribution in [3.8, 4) is 5.75 Å². The Morgan fingerprint density at radius 2 is 1.93 bits per heavy atom. The lowest BCUT2D eigenvalue weighted by molar-refractivity contribution is -0.139. The van der Waals surface area contributed by atoms with Gasteiger partial charge in [0, 0.05) is 18.3 Å². The van der Waals surface area contributed by atoms with Crippen LogP contribution in [0.5, 0.6) is 5.75 Å². The molecule has 3 nitrogen and oxygen atoms in total. The number of halogens is 3. The topological polar surface area (TPSA) is 25.4 Å². The first-order valence-electron chi connectivity index (χ1n) is 10.4. The van der Waals surface area contributed by atoms with Crippen LogP contribution in [0.15, 0.2) is 23.6 Å². The number of nitrogens with zero attached hydrogens (tertiary/aromatic N) is 2. The fraction of sp³-hybridized carbons (Fsp3) is 0.591. The molecule has 1 fully saturated rings. The summed E-state index contributed by atoms with van der Waals surface area (Å²) in [5.41, 5.74) is 0.924. The van der Waals surface area contributed by atoms with Crippen molar-refractivity contribution in [1.29, 1.82) is 0 Å². The Morgan fingerprint density at radius 3 is 2.66 bits per heavy atom. The van der Waals surface area contributed by atoms with Gasteiger partial charge in [0.05, 0.1) is 22.9 Å². The number of hydrogen-bond acceptors (Lipinski definition) is 4. The number of benzene rings is 1. The third-order valence-electron chi connectivity index (χ3n) is 5.14. The summed E-state index contributed by atoms with van der Waals surface area (Å²) in [4.78, 5) is 7.05. The second-order valence-electron chi connectivity index (χ2n) is 7.63. The van der Waals surface area contributed by atoms with Crippen molar-refractivity contribution in [3.63, 3.8) is 0 Å². The molecule has 3 rings (SSSR count). The highest BCUT2D eigenvalue weighted by Crippen LogP contribution is 2.37. The Kier molecular flexibility index (Phi) is 7.95. The van der Waals surface area contributed by atoms with Crippen molar-refractivity contribution in [2.75, 3.05) is 19.7 Å². The average Bonchev–Trinajstić information content (AvgIpc) is 3.13. The molecule has 0 aliphatic carbocycles. The Hall–Kier alpha value is -1.60. The number of likely N-dealkylation sites (tertiary alicyclic amines) is 1. The van der Waals surface area contributed by atoms with Crippen molar-refractivity contribution < 1.29 is 17.9 Å². The molecule has 1 saturated heterocycles.